The van der Waals surface area contributed by atoms with E-state index in [1.807, 2.05) is 4.40 Å². The fraction of sp³-hybridized carbons (Fsp3) is 0.217. The Bertz CT molecular complexity index is 1100. The van der Waals surface area contributed by atoms with Gasteiger partial charge in [-0.2, -0.15) is 0 Å². The molecule has 136 valence electrons. The van der Waals surface area contributed by atoms with Crippen molar-refractivity contribution in [3.05, 3.63) is 70.2 Å². The first-order valence-corrected chi connectivity index (χ1v) is 10.1. The molecule has 4 heteroatoms. The van der Waals surface area contributed by atoms with Crippen molar-refractivity contribution in [3.8, 4) is 22.5 Å². The first kappa shape index (κ1) is 17.7. The molecule has 0 spiro atoms. The Kier molecular flexibility index (Phi) is 4.66. The molecule has 0 N–H and O–H groups in total. The molecule has 0 aliphatic rings. The molecule has 0 atom stereocenters. The number of rotatable bonds is 5. The number of carbonyl (C=O) groups is 1. The molecular weight excluding hydrogens is 352 g/mol. The van der Waals surface area contributed by atoms with Crippen molar-refractivity contribution in [2.24, 2.45) is 0 Å². The highest BCUT2D eigenvalue weighted by Crippen LogP contribution is 2.35. The number of benzene rings is 2. The number of hydrogen-bond donors (Lipinski definition) is 0. The van der Waals surface area contributed by atoms with Crippen LogP contribution in [0.1, 0.15) is 40.3 Å². The van der Waals surface area contributed by atoms with E-state index in [9.17, 15) is 4.79 Å². The fourth-order valence-electron chi connectivity index (χ4n) is 3.49. The minimum atomic E-state index is 0.619. The number of thiazole rings is 1. The van der Waals surface area contributed by atoms with E-state index in [4.69, 9.17) is 4.98 Å². The summed E-state index contributed by atoms with van der Waals surface area (Å²) in [5, 5.41) is 0. The molecule has 0 fully saturated rings. The topological polar surface area (TPSA) is 34.4 Å². The zero-order chi connectivity index (χ0) is 19.0. The Morgan fingerprint density at radius 3 is 2.00 bits per heavy atom. The minimum Gasteiger partial charge on any atom is -0.296 e. The maximum Gasteiger partial charge on any atom is 0.195 e. The minimum absolute atomic E-state index is 0.619. The Morgan fingerprint density at radius 2 is 1.48 bits per heavy atom. The van der Waals surface area contributed by atoms with E-state index in [1.54, 1.807) is 11.3 Å². The molecule has 0 radical (unpaired) electrons. The summed E-state index contributed by atoms with van der Waals surface area (Å²) in [5.74, 6) is 0. The Hall–Kier alpha value is -2.72. The summed E-state index contributed by atoms with van der Waals surface area (Å²) in [5.41, 5.74) is 7.11. The second-order valence-electron chi connectivity index (χ2n) is 6.69. The Balaban J connectivity index is 1.91. The molecule has 0 saturated heterocycles. The van der Waals surface area contributed by atoms with E-state index in [0.29, 0.717) is 5.69 Å². The summed E-state index contributed by atoms with van der Waals surface area (Å²) in [6, 6.07) is 16.9. The second-order valence-corrected chi connectivity index (χ2v) is 7.87. The van der Waals surface area contributed by atoms with Gasteiger partial charge in [-0.05, 0) is 36.5 Å². The Morgan fingerprint density at radius 1 is 0.926 bits per heavy atom. The van der Waals surface area contributed by atoms with Crippen LogP contribution in [0.4, 0.5) is 0 Å². The van der Waals surface area contributed by atoms with E-state index in [1.165, 1.54) is 11.1 Å². The molecule has 0 bridgehead atoms. The van der Waals surface area contributed by atoms with Crippen molar-refractivity contribution in [1.82, 2.24) is 9.38 Å². The SMILES string of the molecule is CCc1ccc(-c2nc3sc(C)c(-c4ccc(CC)cc4)n3c2C=O)cc1. The predicted molar refractivity (Wildman–Crippen MR) is 113 cm³/mol. The number of carbonyl (C=O) groups excluding carboxylic acids is 1. The van der Waals surface area contributed by atoms with Crippen LogP contribution in [0.5, 0.6) is 0 Å². The summed E-state index contributed by atoms with van der Waals surface area (Å²) in [4.78, 5) is 18.9. The highest BCUT2D eigenvalue weighted by molar-refractivity contribution is 7.17. The monoisotopic (exact) mass is 374 g/mol. The summed E-state index contributed by atoms with van der Waals surface area (Å²) < 4.78 is 2.01. The molecule has 0 unspecified atom stereocenters. The lowest BCUT2D eigenvalue weighted by Gasteiger charge is -2.06. The van der Waals surface area contributed by atoms with Crippen molar-refractivity contribution in [2.45, 2.75) is 33.6 Å². The number of aromatic nitrogens is 2. The molecule has 0 aliphatic heterocycles. The number of aryl methyl sites for hydroxylation is 3. The molecule has 4 rings (SSSR count). The maximum absolute atomic E-state index is 12.0. The lowest BCUT2D eigenvalue weighted by Crippen LogP contribution is -1.95. The average molecular weight is 375 g/mol. The normalized spacial score (nSPS) is 11.2. The first-order valence-electron chi connectivity index (χ1n) is 9.31. The number of fused-ring (bicyclic) bond motifs is 1. The van der Waals surface area contributed by atoms with Gasteiger partial charge in [-0.25, -0.2) is 4.98 Å². The number of nitrogens with zero attached hydrogens (tertiary/aromatic N) is 2. The first-order chi connectivity index (χ1) is 13.2. The third-order valence-corrected chi connectivity index (χ3v) is 6.02. The highest BCUT2D eigenvalue weighted by atomic mass is 32.1. The van der Waals surface area contributed by atoms with Gasteiger partial charge < -0.3 is 0 Å². The zero-order valence-electron chi connectivity index (χ0n) is 15.8. The standard InChI is InChI=1S/C23H22N2OS/c1-4-16-6-10-18(11-7-16)21-20(14-26)25-22(15(3)27-23(25)24-21)19-12-8-17(5-2)9-13-19/h6-14H,4-5H2,1-3H3. The number of imidazole rings is 1. The number of hydrogen-bond acceptors (Lipinski definition) is 3. The van der Waals surface area contributed by atoms with Crippen molar-refractivity contribution < 1.29 is 4.79 Å². The quantitative estimate of drug-likeness (QED) is 0.403. The predicted octanol–water partition coefficient (Wildman–Crippen LogP) is 5.98. The van der Waals surface area contributed by atoms with Crippen LogP contribution in [0.25, 0.3) is 27.5 Å². The van der Waals surface area contributed by atoms with Gasteiger partial charge in [-0.3, -0.25) is 9.20 Å². The van der Waals surface area contributed by atoms with Crippen LogP contribution in [0.3, 0.4) is 0 Å². The van der Waals surface area contributed by atoms with E-state index in [2.05, 4.69) is 69.3 Å². The van der Waals surface area contributed by atoms with Gasteiger partial charge in [0.25, 0.3) is 0 Å². The van der Waals surface area contributed by atoms with E-state index in [0.717, 1.165) is 51.5 Å². The summed E-state index contributed by atoms with van der Waals surface area (Å²) in [7, 11) is 0. The van der Waals surface area contributed by atoms with Gasteiger partial charge in [0.1, 0.15) is 11.4 Å². The van der Waals surface area contributed by atoms with Crippen molar-refractivity contribution in [1.29, 1.82) is 0 Å². The Labute approximate surface area is 163 Å². The van der Waals surface area contributed by atoms with Gasteiger partial charge in [0.05, 0.1) is 5.69 Å². The van der Waals surface area contributed by atoms with Crippen molar-refractivity contribution in [2.75, 3.05) is 0 Å². The molecule has 27 heavy (non-hydrogen) atoms. The second kappa shape index (κ2) is 7.12. The number of aldehydes is 1. The molecule has 2 heterocycles. The molecule has 2 aromatic heterocycles. The molecule has 0 aliphatic carbocycles. The lowest BCUT2D eigenvalue weighted by molar-refractivity contribution is 0.111. The zero-order valence-corrected chi connectivity index (χ0v) is 16.6. The van der Waals surface area contributed by atoms with Crippen LogP contribution in [0.2, 0.25) is 0 Å². The molecule has 0 amide bonds. The van der Waals surface area contributed by atoms with E-state index < -0.39 is 0 Å². The van der Waals surface area contributed by atoms with E-state index >= 15 is 0 Å². The van der Waals surface area contributed by atoms with Gasteiger partial charge in [0.2, 0.25) is 0 Å². The van der Waals surface area contributed by atoms with Gasteiger partial charge in [-0.15, -0.1) is 11.3 Å². The average Bonchev–Trinajstić information content (AvgIpc) is 3.22. The van der Waals surface area contributed by atoms with Crippen LogP contribution in [0, 0.1) is 6.92 Å². The summed E-state index contributed by atoms with van der Waals surface area (Å²) in [6.45, 7) is 6.38. The molecular formula is C23H22N2OS. The smallest absolute Gasteiger partial charge is 0.195 e. The fourth-order valence-corrected chi connectivity index (χ4v) is 4.49. The maximum atomic E-state index is 12.0. The summed E-state index contributed by atoms with van der Waals surface area (Å²) in [6.07, 6.45) is 2.94. The van der Waals surface area contributed by atoms with Gasteiger partial charge in [0, 0.05) is 10.4 Å². The van der Waals surface area contributed by atoms with Crippen LogP contribution in [0.15, 0.2) is 48.5 Å². The van der Waals surface area contributed by atoms with Crippen LogP contribution >= 0.6 is 11.3 Å². The van der Waals surface area contributed by atoms with Gasteiger partial charge >= 0.3 is 0 Å². The highest BCUT2D eigenvalue weighted by Gasteiger charge is 2.20. The van der Waals surface area contributed by atoms with Gasteiger partial charge in [0.15, 0.2) is 11.2 Å². The van der Waals surface area contributed by atoms with Crippen molar-refractivity contribution in [3.63, 3.8) is 0 Å². The third kappa shape index (κ3) is 3.00. The van der Waals surface area contributed by atoms with Crippen LogP contribution in [-0.4, -0.2) is 15.7 Å². The lowest BCUT2D eigenvalue weighted by atomic mass is 10.1. The van der Waals surface area contributed by atoms with E-state index in [-0.39, 0.29) is 0 Å². The largest absolute Gasteiger partial charge is 0.296 e. The van der Waals surface area contributed by atoms with Crippen molar-refractivity contribution >= 4 is 22.6 Å². The van der Waals surface area contributed by atoms with Crippen LogP contribution < -0.4 is 0 Å². The van der Waals surface area contributed by atoms with Crippen LogP contribution in [-0.2, 0) is 12.8 Å². The molecule has 4 aromatic rings. The molecule has 2 aromatic carbocycles. The molecule has 3 nitrogen and oxygen atoms in total. The van der Waals surface area contributed by atoms with Gasteiger partial charge in [-0.1, -0.05) is 62.4 Å². The third-order valence-electron chi connectivity index (χ3n) is 5.07. The summed E-state index contributed by atoms with van der Waals surface area (Å²) >= 11 is 1.63. The molecule has 0 saturated carbocycles.